The van der Waals surface area contributed by atoms with Crippen molar-refractivity contribution in [3.8, 4) is 11.5 Å². The van der Waals surface area contributed by atoms with E-state index < -0.39 is 24.4 Å². The number of hydrogen-bond donors (Lipinski definition) is 3. The first-order chi connectivity index (χ1) is 14.8. The monoisotopic (exact) mass is 443 g/mol. The lowest BCUT2D eigenvalue weighted by molar-refractivity contribution is -0.127. The molecule has 0 unspecified atom stereocenters. The number of amides is 4. The van der Waals surface area contributed by atoms with E-state index in [1.54, 1.807) is 19.1 Å². The van der Waals surface area contributed by atoms with Crippen molar-refractivity contribution in [2.45, 2.75) is 20.3 Å². The lowest BCUT2D eigenvalue weighted by Gasteiger charge is -2.13. The largest absolute Gasteiger partial charge is 0.503 e. The smallest absolute Gasteiger partial charge is 0.329 e. The highest BCUT2D eigenvalue weighted by Crippen LogP contribution is 2.36. The number of nitrogens with one attached hydrogen (secondary N) is 2. The SMILES string of the molecule is CCOc1cc(/C=C2/NC(=O)N(CC(=O)Nc3ccccc3CC)C2=O)cc(Cl)c1O. The Morgan fingerprint density at radius 1 is 1.26 bits per heavy atom. The number of anilines is 1. The molecule has 2 aromatic carbocycles. The van der Waals surface area contributed by atoms with Crippen molar-refractivity contribution in [3.63, 3.8) is 0 Å². The lowest BCUT2D eigenvalue weighted by atomic mass is 10.1. The first-order valence-electron chi connectivity index (χ1n) is 9.71. The fourth-order valence-electron chi connectivity index (χ4n) is 3.11. The number of carbonyl (C=O) groups excluding carboxylic acids is 3. The van der Waals surface area contributed by atoms with Gasteiger partial charge in [0.2, 0.25) is 5.91 Å². The highest BCUT2D eigenvalue weighted by atomic mass is 35.5. The Morgan fingerprint density at radius 3 is 2.71 bits per heavy atom. The summed E-state index contributed by atoms with van der Waals surface area (Å²) in [5, 5.41) is 15.2. The van der Waals surface area contributed by atoms with Gasteiger partial charge in [-0.15, -0.1) is 0 Å². The first kappa shape index (κ1) is 22.2. The van der Waals surface area contributed by atoms with Crippen LogP contribution in [0.2, 0.25) is 5.02 Å². The van der Waals surface area contributed by atoms with E-state index in [-0.39, 0.29) is 22.2 Å². The summed E-state index contributed by atoms with van der Waals surface area (Å²) in [7, 11) is 0. The van der Waals surface area contributed by atoms with Crippen molar-refractivity contribution in [2.24, 2.45) is 0 Å². The molecule has 0 spiro atoms. The molecular weight excluding hydrogens is 422 g/mol. The summed E-state index contributed by atoms with van der Waals surface area (Å²) in [4.78, 5) is 38.2. The van der Waals surface area contributed by atoms with Crippen LogP contribution in [0.25, 0.3) is 6.08 Å². The van der Waals surface area contributed by atoms with E-state index in [4.69, 9.17) is 16.3 Å². The molecule has 0 saturated carbocycles. The van der Waals surface area contributed by atoms with Gasteiger partial charge in [-0.2, -0.15) is 0 Å². The molecule has 0 atom stereocenters. The zero-order valence-corrected chi connectivity index (χ0v) is 17.8. The van der Waals surface area contributed by atoms with Gasteiger partial charge in [0.1, 0.15) is 12.2 Å². The molecule has 4 amide bonds. The van der Waals surface area contributed by atoms with Crippen LogP contribution in [0.5, 0.6) is 11.5 Å². The van der Waals surface area contributed by atoms with Crippen molar-refractivity contribution in [2.75, 3.05) is 18.5 Å². The van der Waals surface area contributed by atoms with Gasteiger partial charge >= 0.3 is 6.03 Å². The average molecular weight is 444 g/mol. The molecule has 1 fully saturated rings. The molecule has 3 N–H and O–H groups in total. The minimum atomic E-state index is -0.704. The molecule has 1 aliphatic rings. The van der Waals surface area contributed by atoms with E-state index in [1.807, 2.05) is 19.1 Å². The topological polar surface area (TPSA) is 108 Å². The van der Waals surface area contributed by atoms with Crippen LogP contribution in [-0.4, -0.2) is 41.0 Å². The third-order valence-electron chi connectivity index (χ3n) is 4.60. The van der Waals surface area contributed by atoms with Gasteiger partial charge in [-0.1, -0.05) is 36.7 Å². The van der Waals surface area contributed by atoms with Crippen LogP contribution in [0.15, 0.2) is 42.1 Å². The highest BCUT2D eigenvalue weighted by Gasteiger charge is 2.35. The number of benzene rings is 2. The van der Waals surface area contributed by atoms with Gasteiger partial charge in [-0.05, 0) is 48.7 Å². The van der Waals surface area contributed by atoms with Crippen molar-refractivity contribution < 1.29 is 24.2 Å². The molecule has 31 heavy (non-hydrogen) atoms. The minimum Gasteiger partial charge on any atom is -0.503 e. The number of phenols is 1. The number of para-hydroxylation sites is 1. The molecule has 162 valence electrons. The molecule has 9 heteroatoms. The van der Waals surface area contributed by atoms with E-state index in [0.717, 1.165) is 16.9 Å². The standard InChI is InChI=1S/C22H22ClN3O5/c1-3-14-7-5-6-8-16(14)24-19(27)12-26-21(29)17(25-22(26)30)10-13-9-15(23)20(28)18(11-13)31-4-2/h5-11,28H,3-4,12H2,1-2H3,(H,24,27)(H,25,30)/b17-10+. The van der Waals surface area contributed by atoms with E-state index >= 15 is 0 Å². The van der Waals surface area contributed by atoms with Crippen molar-refractivity contribution in [1.29, 1.82) is 0 Å². The van der Waals surface area contributed by atoms with Crippen LogP contribution >= 0.6 is 11.6 Å². The third-order valence-corrected chi connectivity index (χ3v) is 4.89. The zero-order chi connectivity index (χ0) is 22.5. The molecule has 1 aliphatic heterocycles. The zero-order valence-electron chi connectivity index (χ0n) is 17.1. The van der Waals surface area contributed by atoms with Crippen LogP contribution in [0.1, 0.15) is 25.0 Å². The van der Waals surface area contributed by atoms with Crippen LogP contribution < -0.4 is 15.4 Å². The van der Waals surface area contributed by atoms with Gasteiger partial charge in [-0.25, -0.2) is 9.69 Å². The molecule has 0 radical (unpaired) electrons. The molecular formula is C22H22ClN3O5. The second kappa shape index (κ2) is 9.53. The Kier molecular flexibility index (Phi) is 6.81. The predicted octanol–water partition coefficient (Wildman–Crippen LogP) is 3.54. The van der Waals surface area contributed by atoms with Gasteiger partial charge in [0.15, 0.2) is 11.5 Å². The molecule has 1 heterocycles. The number of imide groups is 1. The summed E-state index contributed by atoms with van der Waals surface area (Å²) in [5.74, 6) is -1.19. The highest BCUT2D eigenvalue weighted by molar-refractivity contribution is 6.32. The minimum absolute atomic E-state index is 0.0176. The first-order valence-corrected chi connectivity index (χ1v) is 10.1. The van der Waals surface area contributed by atoms with E-state index in [2.05, 4.69) is 10.6 Å². The summed E-state index contributed by atoms with van der Waals surface area (Å²) >= 11 is 6.01. The number of phenolic OH excluding ortho intramolecular Hbond substituents is 1. The molecule has 0 bridgehead atoms. The van der Waals surface area contributed by atoms with Gasteiger partial charge in [-0.3, -0.25) is 9.59 Å². The number of carbonyl (C=O) groups is 3. The second-order valence-corrected chi connectivity index (χ2v) is 7.13. The Bertz CT molecular complexity index is 1070. The Balaban J connectivity index is 1.76. The maximum absolute atomic E-state index is 12.7. The normalized spacial score (nSPS) is 14.7. The molecule has 0 aromatic heterocycles. The summed E-state index contributed by atoms with van der Waals surface area (Å²) in [5.41, 5.74) is 2.01. The molecule has 1 saturated heterocycles. The number of hydrogen-bond acceptors (Lipinski definition) is 5. The van der Waals surface area contributed by atoms with Gasteiger partial charge in [0.05, 0.1) is 11.6 Å². The quantitative estimate of drug-likeness (QED) is 0.448. The third kappa shape index (κ3) is 4.97. The van der Waals surface area contributed by atoms with Crippen LogP contribution in [0, 0.1) is 0 Å². The molecule has 8 nitrogen and oxygen atoms in total. The molecule has 2 aromatic rings. The number of urea groups is 1. The second-order valence-electron chi connectivity index (χ2n) is 6.72. The number of halogens is 1. The van der Waals surface area contributed by atoms with Crippen molar-refractivity contribution in [3.05, 3.63) is 58.2 Å². The number of nitrogens with zero attached hydrogens (tertiary/aromatic N) is 1. The average Bonchev–Trinajstić information content (AvgIpc) is 2.99. The predicted molar refractivity (Wildman–Crippen MR) is 117 cm³/mol. The van der Waals surface area contributed by atoms with Crippen LogP contribution in [-0.2, 0) is 16.0 Å². The number of ether oxygens (including phenoxy) is 1. The maximum atomic E-state index is 12.7. The maximum Gasteiger partial charge on any atom is 0.329 e. The van der Waals surface area contributed by atoms with Crippen LogP contribution in [0.3, 0.4) is 0 Å². The summed E-state index contributed by atoms with van der Waals surface area (Å²) in [6, 6.07) is 9.54. The summed E-state index contributed by atoms with van der Waals surface area (Å²) in [6.45, 7) is 3.59. The Hall–Kier alpha value is -3.52. The van der Waals surface area contributed by atoms with Crippen molar-refractivity contribution in [1.82, 2.24) is 10.2 Å². The summed E-state index contributed by atoms with van der Waals surface area (Å²) in [6.07, 6.45) is 2.13. The fraction of sp³-hybridized carbons (Fsp3) is 0.227. The lowest BCUT2D eigenvalue weighted by Crippen LogP contribution is -2.38. The van der Waals surface area contributed by atoms with Crippen LogP contribution in [0.4, 0.5) is 10.5 Å². The molecule has 3 rings (SSSR count). The van der Waals surface area contributed by atoms with Crippen molar-refractivity contribution >= 4 is 41.2 Å². The van der Waals surface area contributed by atoms with E-state index in [0.29, 0.717) is 17.9 Å². The van der Waals surface area contributed by atoms with Gasteiger partial charge in [0.25, 0.3) is 5.91 Å². The summed E-state index contributed by atoms with van der Waals surface area (Å²) < 4.78 is 5.32. The number of aromatic hydroxyl groups is 1. The Morgan fingerprint density at radius 2 is 2.00 bits per heavy atom. The van der Waals surface area contributed by atoms with Gasteiger partial charge in [0, 0.05) is 5.69 Å². The van der Waals surface area contributed by atoms with E-state index in [1.165, 1.54) is 18.2 Å². The Labute approximate surface area is 184 Å². The van der Waals surface area contributed by atoms with Gasteiger partial charge < -0.3 is 20.5 Å². The van der Waals surface area contributed by atoms with E-state index in [9.17, 15) is 19.5 Å². The number of rotatable bonds is 7. The fourth-order valence-corrected chi connectivity index (χ4v) is 3.33. The number of aryl methyl sites for hydroxylation is 1. The molecule has 0 aliphatic carbocycles.